The average Bonchev–Trinajstić information content (AvgIpc) is 1.83. The highest BCUT2D eigenvalue weighted by molar-refractivity contribution is 5.43. The largest absolute Gasteiger partial charge is 0.245 e. The van der Waals surface area contributed by atoms with Gasteiger partial charge in [0.05, 0.1) is 0 Å². The number of hydrogen-bond donors (Lipinski definition) is 0. The molecule has 0 aliphatic carbocycles. The lowest BCUT2D eigenvalue weighted by Crippen LogP contribution is -1.80. The first-order chi connectivity index (χ1) is 3.85. The molecule has 0 N–H and O–H groups in total. The van der Waals surface area contributed by atoms with Gasteiger partial charge in [-0.3, -0.25) is 0 Å². The quantitative estimate of drug-likeness (QED) is 0.422. The molecule has 0 saturated carbocycles. The second-order valence-corrected chi connectivity index (χ2v) is 0.974. The van der Waals surface area contributed by atoms with E-state index in [1.54, 1.807) is 19.1 Å². The maximum absolute atomic E-state index is 8.05. The van der Waals surface area contributed by atoms with Gasteiger partial charge in [0.1, 0.15) is 12.1 Å². The molecule has 0 fully saturated rings. The van der Waals surface area contributed by atoms with E-state index in [0.717, 1.165) is 0 Å². The third kappa shape index (κ3) is 1.85. The molecule has 0 saturated heterocycles. The maximum Gasteiger partial charge on any atom is 0.245 e. The van der Waals surface area contributed by atoms with Crippen LogP contribution in [0.5, 0.6) is 0 Å². The Kier molecular flexibility index (Phi) is 3.04. The minimum atomic E-state index is -0.0347. The monoisotopic (exact) mass is 103 g/mol. The zero-order valence-electron chi connectivity index (χ0n) is 4.39. The zero-order valence-corrected chi connectivity index (χ0v) is 4.39. The van der Waals surface area contributed by atoms with E-state index in [1.807, 2.05) is 0 Å². The molecule has 0 spiro atoms. The third-order valence-electron chi connectivity index (χ3n) is 0.474. The molecule has 2 heteroatoms. The van der Waals surface area contributed by atoms with E-state index in [4.69, 9.17) is 10.5 Å². The summed E-state index contributed by atoms with van der Waals surface area (Å²) in [6, 6.07) is 3.27. The van der Waals surface area contributed by atoms with Gasteiger partial charge in [0.15, 0.2) is 0 Å². The molecule has 0 amide bonds. The zero-order chi connectivity index (χ0) is 6.41. The van der Waals surface area contributed by atoms with Gasteiger partial charge in [-0.2, -0.15) is 10.5 Å². The molecular weight excluding hydrogens is 100 g/mol. The van der Waals surface area contributed by atoms with Gasteiger partial charge in [-0.15, -0.1) is 5.92 Å². The van der Waals surface area contributed by atoms with Gasteiger partial charge < -0.3 is 0 Å². The van der Waals surface area contributed by atoms with E-state index in [9.17, 15) is 0 Å². The summed E-state index contributed by atoms with van der Waals surface area (Å²) >= 11 is 0. The Hall–Kier alpha value is -1.46. The summed E-state index contributed by atoms with van der Waals surface area (Å²) in [6.07, 6.45) is 0. The van der Waals surface area contributed by atoms with Crippen molar-refractivity contribution in [1.29, 1.82) is 10.5 Å². The highest BCUT2D eigenvalue weighted by Gasteiger charge is 1.97. The van der Waals surface area contributed by atoms with Crippen LogP contribution in [0.1, 0.15) is 6.92 Å². The third-order valence-corrected chi connectivity index (χ3v) is 0.474. The van der Waals surface area contributed by atoms with Gasteiger partial charge in [0, 0.05) is 0 Å². The van der Waals surface area contributed by atoms with E-state index in [2.05, 4.69) is 11.8 Å². The second kappa shape index (κ2) is 3.72. The molecule has 0 aromatic carbocycles. The smallest absolute Gasteiger partial charge is 0.195 e. The van der Waals surface area contributed by atoms with Crippen LogP contribution in [0.2, 0.25) is 0 Å². The van der Waals surface area contributed by atoms with Crippen molar-refractivity contribution in [2.75, 3.05) is 0 Å². The van der Waals surface area contributed by atoms with Crippen LogP contribution in [0.25, 0.3) is 0 Å². The fourth-order valence-corrected chi connectivity index (χ4v) is 0.206. The molecule has 0 heterocycles. The van der Waals surface area contributed by atoms with Crippen molar-refractivity contribution in [2.45, 2.75) is 6.92 Å². The minimum Gasteiger partial charge on any atom is -0.195 e. The predicted octanol–water partition coefficient (Wildman–Crippen LogP) is 0.631. The molecule has 0 unspecified atom stereocenters. The molecule has 0 aromatic rings. The molecule has 0 rings (SSSR count). The minimum absolute atomic E-state index is 0.0347. The Morgan fingerprint density at radius 3 is 1.88 bits per heavy atom. The van der Waals surface area contributed by atoms with Crippen LogP contribution in [0.4, 0.5) is 0 Å². The van der Waals surface area contributed by atoms with E-state index < -0.39 is 0 Å². The highest BCUT2D eigenvalue weighted by Crippen LogP contribution is 1.88. The van der Waals surface area contributed by atoms with E-state index in [-0.39, 0.29) is 5.92 Å². The Morgan fingerprint density at radius 1 is 1.25 bits per heavy atom. The van der Waals surface area contributed by atoms with Crippen LogP contribution in [0.3, 0.4) is 0 Å². The van der Waals surface area contributed by atoms with Gasteiger partial charge in [0.2, 0.25) is 5.92 Å². The van der Waals surface area contributed by atoms with Crippen LogP contribution >= 0.6 is 0 Å². The van der Waals surface area contributed by atoms with Crippen molar-refractivity contribution >= 4 is 0 Å². The molecule has 0 atom stereocenters. The molecule has 8 heavy (non-hydrogen) atoms. The van der Waals surface area contributed by atoms with Crippen LogP contribution in [0.15, 0.2) is 0 Å². The lowest BCUT2D eigenvalue weighted by atomic mass is 10.2. The van der Waals surface area contributed by atoms with Crippen LogP contribution in [0, 0.1) is 40.4 Å². The van der Waals surface area contributed by atoms with Crippen LogP contribution in [-0.4, -0.2) is 0 Å². The summed E-state index contributed by atoms with van der Waals surface area (Å²) in [5.74, 6) is 4.73. The van der Waals surface area contributed by atoms with Crippen molar-refractivity contribution in [3.63, 3.8) is 0 Å². The Bertz CT molecular complexity index is 179. The topological polar surface area (TPSA) is 47.6 Å². The molecule has 0 bridgehead atoms. The van der Waals surface area contributed by atoms with Crippen molar-refractivity contribution in [3.8, 4) is 24.0 Å². The molecule has 0 aromatic heterocycles. The van der Waals surface area contributed by atoms with Crippen molar-refractivity contribution in [2.24, 2.45) is 0 Å². The molecule has 2 nitrogen and oxygen atoms in total. The average molecular weight is 103 g/mol. The number of rotatable bonds is 0. The first-order valence-corrected chi connectivity index (χ1v) is 1.95. The summed E-state index contributed by atoms with van der Waals surface area (Å²) < 4.78 is 0. The summed E-state index contributed by atoms with van der Waals surface area (Å²) in [5.41, 5.74) is 0. The molecular formula is C6H3N2. The standard InChI is InChI=1S/C6H3N2/c1-2-3-6(4-7)5-8/h1H3. The summed E-state index contributed by atoms with van der Waals surface area (Å²) in [5, 5.41) is 16.1. The van der Waals surface area contributed by atoms with Gasteiger partial charge in [0.25, 0.3) is 0 Å². The van der Waals surface area contributed by atoms with Gasteiger partial charge in [-0.1, -0.05) is 5.92 Å². The SMILES string of the molecule is CC#C[C](C#N)C#N. The fraction of sp³-hybridized carbons (Fsp3) is 0.167. The number of nitriles is 2. The molecule has 37 valence electrons. The highest BCUT2D eigenvalue weighted by atomic mass is 14.3. The lowest BCUT2D eigenvalue weighted by Gasteiger charge is -1.73. The van der Waals surface area contributed by atoms with Crippen molar-refractivity contribution < 1.29 is 0 Å². The van der Waals surface area contributed by atoms with E-state index >= 15 is 0 Å². The molecule has 0 aliphatic rings. The summed E-state index contributed by atoms with van der Waals surface area (Å²) in [4.78, 5) is 0. The van der Waals surface area contributed by atoms with E-state index in [1.165, 1.54) is 0 Å². The first kappa shape index (κ1) is 6.54. The number of hydrogen-bond acceptors (Lipinski definition) is 2. The van der Waals surface area contributed by atoms with Crippen molar-refractivity contribution in [1.82, 2.24) is 0 Å². The van der Waals surface area contributed by atoms with Gasteiger partial charge in [-0.25, -0.2) is 0 Å². The van der Waals surface area contributed by atoms with Gasteiger partial charge in [-0.05, 0) is 6.92 Å². The Labute approximate surface area is 48.3 Å². The normalized spacial score (nSPS) is 6.00. The van der Waals surface area contributed by atoms with Crippen LogP contribution < -0.4 is 0 Å². The maximum atomic E-state index is 8.05. The van der Waals surface area contributed by atoms with Crippen molar-refractivity contribution in [3.05, 3.63) is 5.92 Å². The molecule has 1 radical (unpaired) electrons. The summed E-state index contributed by atoms with van der Waals surface area (Å²) in [6.45, 7) is 1.58. The van der Waals surface area contributed by atoms with Crippen LogP contribution in [-0.2, 0) is 0 Å². The number of nitrogens with zero attached hydrogens (tertiary/aromatic N) is 2. The molecule has 0 aliphatic heterocycles. The summed E-state index contributed by atoms with van der Waals surface area (Å²) in [7, 11) is 0. The van der Waals surface area contributed by atoms with Gasteiger partial charge >= 0.3 is 0 Å². The Balaban J connectivity index is 3.95. The fourth-order valence-electron chi connectivity index (χ4n) is 0.206. The lowest BCUT2D eigenvalue weighted by molar-refractivity contribution is 1.41. The first-order valence-electron chi connectivity index (χ1n) is 1.95. The Morgan fingerprint density at radius 2 is 1.75 bits per heavy atom. The second-order valence-electron chi connectivity index (χ2n) is 0.974. The predicted molar refractivity (Wildman–Crippen MR) is 27.9 cm³/mol. The van der Waals surface area contributed by atoms with E-state index in [0.29, 0.717) is 0 Å².